The number of hydrogen-bond donors (Lipinski definition) is 2. The Morgan fingerprint density at radius 1 is 1.23 bits per heavy atom. The van der Waals surface area contributed by atoms with Gasteiger partial charge in [-0.05, 0) is 38.3 Å². The van der Waals surface area contributed by atoms with Crippen molar-refractivity contribution in [1.29, 1.82) is 0 Å². The van der Waals surface area contributed by atoms with Gasteiger partial charge in [-0.1, -0.05) is 41.7 Å². The lowest BCUT2D eigenvalue weighted by Crippen LogP contribution is -2.55. The molecule has 0 aliphatic carbocycles. The molecule has 3 aromatic rings. The van der Waals surface area contributed by atoms with E-state index in [-0.39, 0.29) is 6.03 Å². The van der Waals surface area contributed by atoms with Crippen molar-refractivity contribution in [2.45, 2.75) is 38.6 Å². The Balaban J connectivity index is 1.52. The Hall–Kier alpha value is -3.33. The maximum absolute atomic E-state index is 12.8. The molecule has 3 amide bonds. The van der Waals surface area contributed by atoms with Crippen LogP contribution in [0.5, 0.6) is 0 Å². The molecule has 1 saturated heterocycles. The summed E-state index contributed by atoms with van der Waals surface area (Å²) in [5.74, 6) is 0.222. The Kier molecular flexibility index (Phi) is 5.69. The molecule has 3 N–H and O–H groups in total. The third kappa shape index (κ3) is 4.27. The second-order valence-corrected chi connectivity index (χ2v) is 8.78. The summed E-state index contributed by atoms with van der Waals surface area (Å²) in [6.45, 7) is 4.07. The molecule has 1 fully saturated rings. The molecule has 8 nitrogen and oxygen atoms in total. The summed E-state index contributed by atoms with van der Waals surface area (Å²) in [5, 5.41) is 3.28. The van der Waals surface area contributed by atoms with Crippen molar-refractivity contribution < 1.29 is 9.59 Å². The van der Waals surface area contributed by atoms with Gasteiger partial charge >= 0.3 is 6.03 Å². The van der Waals surface area contributed by atoms with Crippen molar-refractivity contribution in [2.75, 3.05) is 11.9 Å². The van der Waals surface area contributed by atoms with Crippen LogP contribution in [0.4, 0.5) is 9.93 Å². The molecule has 0 bridgehead atoms. The maximum Gasteiger partial charge on any atom is 0.324 e. The van der Waals surface area contributed by atoms with Crippen molar-refractivity contribution in [1.82, 2.24) is 19.9 Å². The van der Waals surface area contributed by atoms with Gasteiger partial charge < -0.3 is 10.6 Å². The minimum atomic E-state index is -0.974. The lowest BCUT2D eigenvalue weighted by Gasteiger charge is -2.31. The standard InChI is InChI=1S/C22H24N6O2S/c1-14-18(16-9-11-24-17(26-16)13-15-7-4-3-5-8-15)31-20(25-14)27-21(30)28-12-6-10-22(28,2)19(23)29/h3-5,7-9,11H,6,10,12-13H2,1-2H3,(H2,23,29)(H,25,27,30)/t22-/m0/s1. The summed E-state index contributed by atoms with van der Waals surface area (Å²) in [6, 6.07) is 11.5. The molecular formula is C22H24N6O2S. The third-order valence-electron chi connectivity index (χ3n) is 5.57. The van der Waals surface area contributed by atoms with Crippen LogP contribution in [0.15, 0.2) is 42.6 Å². The number of benzene rings is 1. The fourth-order valence-electron chi connectivity index (χ4n) is 3.78. The van der Waals surface area contributed by atoms with Gasteiger partial charge in [-0.25, -0.2) is 19.7 Å². The van der Waals surface area contributed by atoms with Crippen molar-refractivity contribution in [3.63, 3.8) is 0 Å². The molecule has 0 radical (unpaired) electrons. The van der Waals surface area contributed by atoms with Crippen LogP contribution in [-0.4, -0.2) is 43.9 Å². The first-order valence-electron chi connectivity index (χ1n) is 10.1. The van der Waals surface area contributed by atoms with E-state index in [2.05, 4.69) is 15.3 Å². The molecule has 1 atom stereocenters. The van der Waals surface area contributed by atoms with Crippen molar-refractivity contribution in [3.05, 3.63) is 59.7 Å². The first-order valence-corrected chi connectivity index (χ1v) is 10.9. The number of aryl methyl sites for hydroxylation is 1. The van der Waals surface area contributed by atoms with E-state index in [4.69, 9.17) is 10.7 Å². The molecule has 1 aliphatic rings. The Labute approximate surface area is 184 Å². The number of nitrogens with one attached hydrogen (secondary N) is 1. The SMILES string of the molecule is Cc1nc(NC(=O)N2CCC[C@@]2(C)C(N)=O)sc1-c1ccnc(Cc2ccccc2)n1. The van der Waals surface area contributed by atoms with E-state index in [9.17, 15) is 9.59 Å². The summed E-state index contributed by atoms with van der Waals surface area (Å²) in [4.78, 5) is 40.6. The molecule has 160 valence electrons. The van der Waals surface area contributed by atoms with Crippen LogP contribution < -0.4 is 11.1 Å². The molecular weight excluding hydrogens is 412 g/mol. The highest BCUT2D eigenvalue weighted by atomic mass is 32.1. The van der Waals surface area contributed by atoms with Crippen LogP contribution in [0.2, 0.25) is 0 Å². The number of hydrogen-bond acceptors (Lipinski definition) is 6. The van der Waals surface area contributed by atoms with Crippen molar-refractivity contribution in [2.24, 2.45) is 5.73 Å². The molecule has 0 spiro atoms. The van der Waals surface area contributed by atoms with Gasteiger partial charge in [0.05, 0.1) is 16.3 Å². The van der Waals surface area contributed by atoms with Gasteiger partial charge in [0.1, 0.15) is 11.4 Å². The molecule has 1 aliphatic heterocycles. The quantitative estimate of drug-likeness (QED) is 0.636. The minimum absolute atomic E-state index is 0.369. The second kappa shape index (κ2) is 8.43. The van der Waals surface area contributed by atoms with E-state index in [1.54, 1.807) is 13.1 Å². The van der Waals surface area contributed by atoms with E-state index >= 15 is 0 Å². The normalized spacial score (nSPS) is 18.2. The molecule has 1 aromatic carbocycles. The van der Waals surface area contributed by atoms with E-state index < -0.39 is 11.4 Å². The Bertz CT molecular complexity index is 1120. The van der Waals surface area contributed by atoms with E-state index in [0.717, 1.165) is 34.1 Å². The number of aromatic nitrogens is 3. The number of primary amides is 1. The number of urea groups is 1. The zero-order valence-corrected chi connectivity index (χ0v) is 18.3. The van der Waals surface area contributed by atoms with Gasteiger partial charge in [0.25, 0.3) is 0 Å². The highest BCUT2D eigenvalue weighted by Crippen LogP contribution is 2.33. The van der Waals surface area contributed by atoms with E-state index in [1.807, 2.05) is 43.3 Å². The summed E-state index contributed by atoms with van der Waals surface area (Å²) < 4.78 is 0. The van der Waals surface area contributed by atoms with E-state index in [1.165, 1.54) is 16.2 Å². The van der Waals surface area contributed by atoms with Crippen LogP contribution >= 0.6 is 11.3 Å². The average Bonchev–Trinajstić information content (AvgIpc) is 3.32. The number of nitrogens with two attached hydrogens (primary N) is 1. The maximum atomic E-state index is 12.8. The van der Waals surface area contributed by atoms with Crippen molar-refractivity contribution >= 4 is 28.4 Å². The smallest absolute Gasteiger partial charge is 0.324 e. The number of nitrogens with zero attached hydrogens (tertiary/aromatic N) is 4. The fraction of sp³-hybridized carbons (Fsp3) is 0.318. The number of thiazole rings is 1. The lowest BCUT2D eigenvalue weighted by molar-refractivity contribution is -0.126. The zero-order chi connectivity index (χ0) is 22.0. The summed E-state index contributed by atoms with van der Waals surface area (Å²) in [6.07, 6.45) is 3.67. The van der Waals surface area contributed by atoms with Crippen LogP contribution in [0, 0.1) is 6.92 Å². The van der Waals surface area contributed by atoms with Crippen LogP contribution in [-0.2, 0) is 11.2 Å². The van der Waals surface area contributed by atoms with Gasteiger partial charge in [0, 0.05) is 19.2 Å². The molecule has 31 heavy (non-hydrogen) atoms. The average molecular weight is 437 g/mol. The fourth-order valence-corrected chi connectivity index (χ4v) is 4.71. The zero-order valence-electron chi connectivity index (χ0n) is 17.5. The molecule has 4 rings (SSSR count). The molecule has 3 heterocycles. The topological polar surface area (TPSA) is 114 Å². The Morgan fingerprint density at radius 2 is 2.00 bits per heavy atom. The highest BCUT2D eigenvalue weighted by molar-refractivity contribution is 7.19. The summed E-state index contributed by atoms with van der Waals surface area (Å²) in [5.41, 5.74) is 7.23. The highest BCUT2D eigenvalue weighted by Gasteiger charge is 2.44. The molecule has 0 saturated carbocycles. The molecule has 9 heteroatoms. The third-order valence-corrected chi connectivity index (χ3v) is 6.67. The van der Waals surface area contributed by atoms with Crippen LogP contribution in [0.25, 0.3) is 10.6 Å². The monoisotopic (exact) mass is 436 g/mol. The van der Waals surface area contributed by atoms with Crippen LogP contribution in [0.3, 0.4) is 0 Å². The van der Waals surface area contributed by atoms with Gasteiger partial charge in [-0.3, -0.25) is 10.1 Å². The Morgan fingerprint density at radius 3 is 2.74 bits per heavy atom. The first kappa shape index (κ1) is 20.9. The summed E-state index contributed by atoms with van der Waals surface area (Å²) in [7, 11) is 0. The molecule has 0 unspecified atom stereocenters. The van der Waals surface area contributed by atoms with Crippen molar-refractivity contribution in [3.8, 4) is 10.6 Å². The van der Waals surface area contributed by atoms with E-state index in [0.29, 0.717) is 24.5 Å². The van der Waals surface area contributed by atoms with Gasteiger partial charge in [-0.15, -0.1) is 0 Å². The van der Waals surface area contributed by atoms with Gasteiger partial charge in [0.15, 0.2) is 5.13 Å². The minimum Gasteiger partial charge on any atom is -0.368 e. The predicted molar refractivity (Wildman–Crippen MR) is 120 cm³/mol. The number of anilines is 1. The lowest BCUT2D eigenvalue weighted by atomic mass is 9.98. The largest absolute Gasteiger partial charge is 0.368 e. The number of likely N-dealkylation sites (tertiary alicyclic amines) is 1. The predicted octanol–water partition coefficient (Wildman–Crippen LogP) is 3.37. The van der Waals surface area contributed by atoms with Crippen LogP contribution in [0.1, 0.15) is 36.8 Å². The number of carbonyl (C=O) groups is 2. The first-order chi connectivity index (χ1) is 14.9. The number of amides is 3. The van der Waals surface area contributed by atoms with Gasteiger partial charge in [-0.2, -0.15) is 0 Å². The number of carbonyl (C=O) groups excluding carboxylic acids is 2. The number of rotatable bonds is 5. The summed E-state index contributed by atoms with van der Waals surface area (Å²) >= 11 is 1.35. The second-order valence-electron chi connectivity index (χ2n) is 7.78. The van der Waals surface area contributed by atoms with Gasteiger partial charge in [0.2, 0.25) is 5.91 Å². The molecule has 2 aromatic heterocycles.